The summed E-state index contributed by atoms with van der Waals surface area (Å²) in [4.78, 5) is 17.3. The maximum absolute atomic E-state index is 12.9. The van der Waals surface area contributed by atoms with Crippen LogP contribution in [0.5, 0.6) is 0 Å². The van der Waals surface area contributed by atoms with Crippen molar-refractivity contribution in [3.63, 3.8) is 0 Å². The molecule has 0 aromatic heterocycles. The summed E-state index contributed by atoms with van der Waals surface area (Å²) in [5.41, 5.74) is 8.99. The highest BCUT2D eigenvalue weighted by Gasteiger charge is 2.37. The largest absolute Gasteiger partial charge is 0.341 e. The molecule has 0 bridgehead atoms. The van der Waals surface area contributed by atoms with E-state index in [1.807, 2.05) is 4.90 Å². The summed E-state index contributed by atoms with van der Waals surface area (Å²) in [6.07, 6.45) is 1.93. The minimum absolute atomic E-state index is 0.00211. The lowest BCUT2D eigenvalue weighted by Crippen LogP contribution is -2.57. The van der Waals surface area contributed by atoms with Crippen LogP contribution in [0, 0.1) is 5.41 Å². The number of nitrogens with two attached hydrogens (primary N) is 1. The van der Waals surface area contributed by atoms with Crippen molar-refractivity contribution in [3.05, 3.63) is 35.4 Å². The van der Waals surface area contributed by atoms with Crippen LogP contribution in [0.25, 0.3) is 0 Å². The molecule has 1 aromatic rings. The number of piperidine rings is 1. The molecule has 4 nitrogen and oxygen atoms in total. The first-order valence-corrected chi connectivity index (χ1v) is 8.74. The van der Waals surface area contributed by atoms with Gasteiger partial charge in [-0.2, -0.15) is 0 Å². The average Bonchev–Trinajstić information content (AvgIpc) is 2.55. The van der Waals surface area contributed by atoms with Gasteiger partial charge in [0, 0.05) is 32.2 Å². The summed E-state index contributed by atoms with van der Waals surface area (Å²) >= 11 is 0. The highest BCUT2D eigenvalue weighted by molar-refractivity contribution is 5.81. The average molecular weight is 315 g/mol. The van der Waals surface area contributed by atoms with E-state index in [9.17, 15) is 4.79 Å². The van der Waals surface area contributed by atoms with Crippen LogP contribution >= 0.6 is 0 Å². The van der Waals surface area contributed by atoms with Crippen LogP contribution in [0.4, 0.5) is 0 Å². The van der Waals surface area contributed by atoms with E-state index in [4.69, 9.17) is 5.73 Å². The summed E-state index contributed by atoms with van der Waals surface area (Å²) in [6, 6.07) is 8.69. The third kappa shape index (κ3) is 3.29. The van der Waals surface area contributed by atoms with Gasteiger partial charge in [-0.25, -0.2) is 0 Å². The Kier molecular flexibility index (Phi) is 4.47. The van der Waals surface area contributed by atoms with Crippen LogP contribution in [0.1, 0.15) is 38.3 Å². The van der Waals surface area contributed by atoms with Crippen LogP contribution < -0.4 is 5.73 Å². The third-order valence-electron chi connectivity index (χ3n) is 5.69. The Hall–Kier alpha value is -1.39. The fourth-order valence-corrected chi connectivity index (χ4v) is 3.83. The monoisotopic (exact) mass is 315 g/mol. The van der Waals surface area contributed by atoms with Gasteiger partial charge in [-0.05, 0) is 36.3 Å². The summed E-state index contributed by atoms with van der Waals surface area (Å²) in [5, 5.41) is 0. The molecule has 0 aliphatic carbocycles. The third-order valence-corrected chi connectivity index (χ3v) is 5.69. The molecular weight excluding hydrogens is 286 g/mol. The number of hydrogen-bond acceptors (Lipinski definition) is 3. The Labute approximate surface area is 139 Å². The second-order valence-corrected chi connectivity index (χ2v) is 7.81. The standard InChI is InChI=1S/C19H29N3O/c1-14(18(23)22-11-9-17(20)19(2,3)13-22)21-10-8-15-6-4-5-7-16(15)12-21/h4-7,14,17H,8-13,20H2,1-3H3. The van der Waals surface area contributed by atoms with E-state index in [1.165, 1.54) is 11.1 Å². The van der Waals surface area contributed by atoms with Gasteiger partial charge in [0.05, 0.1) is 6.04 Å². The predicted molar refractivity (Wildman–Crippen MR) is 93.0 cm³/mol. The molecule has 2 aliphatic heterocycles. The maximum atomic E-state index is 12.9. The van der Waals surface area contributed by atoms with Crippen molar-refractivity contribution in [1.29, 1.82) is 0 Å². The minimum Gasteiger partial charge on any atom is -0.341 e. The topological polar surface area (TPSA) is 49.6 Å². The van der Waals surface area contributed by atoms with Gasteiger partial charge < -0.3 is 10.6 Å². The molecule has 2 N–H and O–H groups in total. The number of carbonyl (C=O) groups is 1. The molecule has 2 unspecified atom stereocenters. The lowest BCUT2D eigenvalue weighted by molar-refractivity contribution is -0.140. The van der Waals surface area contributed by atoms with Gasteiger partial charge in [-0.1, -0.05) is 38.1 Å². The SMILES string of the molecule is CC(C(=O)N1CCC(N)C(C)(C)C1)N1CCc2ccccc2C1. The van der Waals surface area contributed by atoms with Crippen molar-refractivity contribution >= 4 is 5.91 Å². The number of benzene rings is 1. The fraction of sp³-hybridized carbons (Fsp3) is 0.632. The minimum atomic E-state index is -0.0616. The zero-order valence-corrected chi connectivity index (χ0v) is 14.6. The van der Waals surface area contributed by atoms with Crippen molar-refractivity contribution < 1.29 is 4.79 Å². The van der Waals surface area contributed by atoms with Gasteiger partial charge >= 0.3 is 0 Å². The van der Waals surface area contributed by atoms with E-state index in [2.05, 4.69) is 49.9 Å². The molecule has 23 heavy (non-hydrogen) atoms. The van der Waals surface area contributed by atoms with Crippen LogP contribution in [-0.4, -0.2) is 47.4 Å². The molecule has 3 rings (SSSR count). The highest BCUT2D eigenvalue weighted by Crippen LogP contribution is 2.29. The Bertz CT molecular complexity index is 584. The number of likely N-dealkylation sites (tertiary alicyclic amines) is 1. The van der Waals surface area contributed by atoms with Crippen LogP contribution in [-0.2, 0) is 17.8 Å². The number of hydrogen-bond donors (Lipinski definition) is 1. The summed E-state index contributed by atoms with van der Waals surface area (Å²) in [7, 11) is 0. The summed E-state index contributed by atoms with van der Waals surface area (Å²) < 4.78 is 0. The zero-order chi connectivity index (χ0) is 16.6. The molecule has 2 aliphatic rings. The number of amides is 1. The van der Waals surface area contributed by atoms with E-state index < -0.39 is 0 Å². The summed E-state index contributed by atoms with van der Waals surface area (Å²) in [6.45, 7) is 9.77. The Morgan fingerprint density at radius 3 is 2.65 bits per heavy atom. The maximum Gasteiger partial charge on any atom is 0.239 e. The van der Waals surface area contributed by atoms with E-state index in [1.54, 1.807) is 0 Å². The first-order valence-electron chi connectivity index (χ1n) is 8.74. The van der Waals surface area contributed by atoms with Gasteiger partial charge in [0.2, 0.25) is 5.91 Å². The van der Waals surface area contributed by atoms with E-state index >= 15 is 0 Å². The quantitative estimate of drug-likeness (QED) is 0.908. The first kappa shape index (κ1) is 16.5. The number of nitrogens with zero attached hydrogens (tertiary/aromatic N) is 2. The first-order chi connectivity index (χ1) is 10.9. The molecule has 1 saturated heterocycles. The van der Waals surface area contributed by atoms with Gasteiger partial charge in [-0.3, -0.25) is 9.69 Å². The van der Waals surface area contributed by atoms with E-state index in [0.29, 0.717) is 0 Å². The molecule has 1 amide bonds. The van der Waals surface area contributed by atoms with E-state index in [-0.39, 0.29) is 23.4 Å². The Morgan fingerprint density at radius 2 is 1.96 bits per heavy atom. The Balaban J connectivity index is 1.67. The van der Waals surface area contributed by atoms with Crippen molar-refractivity contribution in [2.24, 2.45) is 11.1 Å². The lowest BCUT2D eigenvalue weighted by Gasteiger charge is -2.44. The molecule has 2 atom stereocenters. The van der Waals surface area contributed by atoms with Gasteiger partial charge in [0.1, 0.15) is 0 Å². The van der Waals surface area contributed by atoms with Gasteiger partial charge in [-0.15, -0.1) is 0 Å². The van der Waals surface area contributed by atoms with Crippen molar-refractivity contribution in [3.8, 4) is 0 Å². The number of carbonyl (C=O) groups excluding carboxylic acids is 1. The second kappa shape index (κ2) is 6.25. The van der Waals surface area contributed by atoms with Crippen molar-refractivity contribution in [2.75, 3.05) is 19.6 Å². The number of fused-ring (bicyclic) bond motifs is 1. The van der Waals surface area contributed by atoms with E-state index in [0.717, 1.165) is 39.0 Å². The van der Waals surface area contributed by atoms with Gasteiger partial charge in [0.15, 0.2) is 0 Å². The van der Waals surface area contributed by atoms with Gasteiger partial charge in [0.25, 0.3) is 0 Å². The molecule has 0 spiro atoms. The second-order valence-electron chi connectivity index (χ2n) is 7.81. The molecule has 4 heteroatoms. The molecule has 126 valence electrons. The number of rotatable bonds is 2. The van der Waals surface area contributed by atoms with Crippen LogP contribution in [0.15, 0.2) is 24.3 Å². The predicted octanol–water partition coefficient (Wildman–Crippen LogP) is 2.02. The smallest absolute Gasteiger partial charge is 0.239 e. The normalized spacial score (nSPS) is 25.7. The molecular formula is C19H29N3O. The summed E-state index contributed by atoms with van der Waals surface area (Å²) in [5.74, 6) is 0.254. The Morgan fingerprint density at radius 1 is 1.26 bits per heavy atom. The zero-order valence-electron chi connectivity index (χ0n) is 14.6. The highest BCUT2D eigenvalue weighted by atomic mass is 16.2. The molecule has 0 radical (unpaired) electrons. The molecule has 0 saturated carbocycles. The van der Waals surface area contributed by atoms with Crippen LogP contribution in [0.2, 0.25) is 0 Å². The van der Waals surface area contributed by atoms with Crippen molar-refractivity contribution in [2.45, 2.75) is 52.2 Å². The molecule has 1 fully saturated rings. The fourth-order valence-electron chi connectivity index (χ4n) is 3.83. The molecule has 2 heterocycles. The van der Waals surface area contributed by atoms with Crippen molar-refractivity contribution in [1.82, 2.24) is 9.80 Å². The van der Waals surface area contributed by atoms with Crippen LogP contribution in [0.3, 0.4) is 0 Å². The molecule has 1 aromatic carbocycles. The lowest BCUT2D eigenvalue weighted by atomic mass is 9.79.